The van der Waals surface area contributed by atoms with Gasteiger partial charge in [-0.15, -0.1) is 0 Å². The van der Waals surface area contributed by atoms with Crippen LogP contribution in [0.4, 0.5) is 5.69 Å². The number of carboxylic acids is 1. The van der Waals surface area contributed by atoms with E-state index >= 15 is 0 Å². The molecular weight excluding hydrogens is 516 g/mol. The molecule has 0 spiro atoms. The van der Waals surface area contributed by atoms with Crippen LogP contribution in [0.3, 0.4) is 0 Å². The first-order chi connectivity index (χ1) is 19.0. The molecule has 0 fully saturated rings. The van der Waals surface area contributed by atoms with Gasteiger partial charge in [0.05, 0.1) is 29.2 Å². The molecule has 0 saturated carbocycles. The number of hydrogen-bond donors (Lipinski definition) is 1. The normalized spacial score (nSPS) is 12.2. The van der Waals surface area contributed by atoms with E-state index in [-0.39, 0.29) is 23.1 Å². The van der Waals surface area contributed by atoms with Crippen molar-refractivity contribution < 1.29 is 24.3 Å². The van der Waals surface area contributed by atoms with E-state index in [1.54, 1.807) is 31.4 Å². The van der Waals surface area contributed by atoms with Crippen molar-refractivity contribution in [3.8, 4) is 22.9 Å². The summed E-state index contributed by atoms with van der Waals surface area (Å²) in [6.07, 6.45) is -0.147. The standard InChI is InChI=1S/C29H28N4O7/c1-16(2)21-14-22(17(3)13-25(21)39-5)27-31-23-11-7-6-10-20(23)28(34)32(27)30-15-19-9-8-12-24(33(37)38)26(19)40-18(4)29(35)36/h6-16,18H,1-5H3,(H,35,36)/t18-/m1/s1. The Morgan fingerprint density at radius 2 is 1.88 bits per heavy atom. The molecule has 0 aliphatic rings. The van der Waals surface area contributed by atoms with Crippen molar-refractivity contribution in [1.82, 2.24) is 9.66 Å². The average Bonchev–Trinajstić information content (AvgIpc) is 2.92. The molecule has 206 valence electrons. The van der Waals surface area contributed by atoms with Crippen LogP contribution in [-0.4, -0.2) is 45.1 Å². The van der Waals surface area contributed by atoms with Crippen LogP contribution in [0, 0.1) is 17.0 Å². The summed E-state index contributed by atoms with van der Waals surface area (Å²) < 4.78 is 12.1. The van der Waals surface area contributed by atoms with Crippen molar-refractivity contribution >= 4 is 28.8 Å². The maximum Gasteiger partial charge on any atom is 0.344 e. The SMILES string of the molecule is COc1cc(C)c(-c2nc3ccccc3c(=O)n2N=Cc2cccc([N+](=O)[O-])c2O[C@H](C)C(=O)O)cc1C(C)C. The second-order valence-corrected chi connectivity index (χ2v) is 9.43. The summed E-state index contributed by atoms with van der Waals surface area (Å²) in [7, 11) is 1.60. The summed E-state index contributed by atoms with van der Waals surface area (Å²) >= 11 is 0. The third-order valence-corrected chi connectivity index (χ3v) is 6.37. The first-order valence-electron chi connectivity index (χ1n) is 12.4. The number of nitro groups is 1. The van der Waals surface area contributed by atoms with Gasteiger partial charge in [0, 0.05) is 17.2 Å². The second kappa shape index (κ2) is 11.4. The number of nitrogens with zero attached hydrogens (tertiary/aromatic N) is 4. The minimum atomic E-state index is -1.37. The summed E-state index contributed by atoms with van der Waals surface area (Å²) in [4.78, 5) is 40.9. The molecule has 11 nitrogen and oxygen atoms in total. The number of aromatic nitrogens is 2. The van der Waals surface area contributed by atoms with Gasteiger partial charge in [0.1, 0.15) is 5.75 Å². The number of nitro benzene ring substituents is 1. The van der Waals surface area contributed by atoms with Gasteiger partial charge in [-0.05, 0) is 61.2 Å². The number of para-hydroxylation sites is 2. The number of benzene rings is 3. The summed E-state index contributed by atoms with van der Waals surface area (Å²) in [5.74, 6) is -0.500. The highest BCUT2D eigenvalue weighted by molar-refractivity contribution is 5.87. The Hall–Kier alpha value is -5.06. The quantitative estimate of drug-likeness (QED) is 0.173. The molecule has 0 saturated heterocycles. The van der Waals surface area contributed by atoms with Gasteiger partial charge in [-0.2, -0.15) is 9.78 Å². The number of aliphatic carboxylic acids is 1. The fraction of sp³-hybridized carbons (Fsp3) is 0.241. The van der Waals surface area contributed by atoms with E-state index in [0.29, 0.717) is 22.2 Å². The maximum absolute atomic E-state index is 13.7. The Kier molecular flexibility index (Phi) is 7.94. The molecule has 0 aliphatic carbocycles. The monoisotopic (exact) mass is 544 g/mol. The van der Waals surface area contributed by atoms with Crippen LogP contribution in [0.5, 0.6) is 11.5 Å². The third-order valence-electron chi connectivity index (χ3n) is 6.37. The van der Waals surface area contributed by atoms with E-state index in [0.717, 1.165) is 15.8 Å². The highest BCUT2D eigenvalue weighted by Crippen LogP contribution is 2.34. The molecule has 0 aliphatic heterocycles. The van der Waals surface area contributed by atoms with E-state index in [9.17, 15) is 24.8 Å². The molecular formula is C29H28N4O7. The topological polar surface area (TPSA) is 146 Å². The summed E-state index contributed by atoms with van der Waals surface area (Å²) in [6, 6.07) is 14.8. The van der Waals surface area contributed by atoms with E-state index in [1.807, 2.05) is 32.9 Å². The minimum Gasteiger partial charge on any atom is -0.496 e. The molecule has 3 aromatic carbocycles. The zero-order valence-electron chi connectivity index (χ0n) is 22.6. The number of hydrogen-bond acceptors (Lipinski definition) is 8. The highest BCUT2D eigenvalue weighted by atomic mass is 16.6. The highest BCUT2D eigenvalue weighted by Gasteiger charge is 2.24. The molecule has 11 heteroatoms. The van der Waals surface area contributed by atoms with Crippen molar-refractivity contribution in [3.63, 3.8) is 0 Å². The Balaban J connectivity index is 1.98. The molecule has 1 atom stereocenters. The fourth-order valence-corrected chi connectivity index (χ4v) is 4.24. The number of methoxy groups -OCH3 is 1. The fourth-order valence-electron chi connectivity index (χ4n) is 4.24. The molecule has 1 aromatic heterocycles. The van der Waals surface area contributed by atoms with Gasteiger partial charge in [-0.1, -0.05) is 32.0 Å². The number of rotatable bonds is 9. The van der Waals surface area contributed by atoms with Crippen molar-refractivity contribution in [2.75, 3.05) is 7.11 Å². The maximum atomic E-state index is 13.7. The zero-order valence-corrected chi connectivity index (χ0v) is 22.6. The van der Waals surface area contributed by atoms with Crippen molar-refractivity contribution in [3.05, 3.63) is 91.8 Å². The lowest BCUT2D eigenvalue weighted by Crippen LogP contribution is -2.24. The smallest absolute Gasteiger partial charge is 0.344 e. The molecule has 0 amide bonds. The minimum absolute atomic E-state index is 0.110. The van der Waals surface area contributed by atoms with Crippen LogP contribution >= 0.6 is 0 Å². The first kappa shape index (κ1) is 28.0. The third kappa shape index (κ3) is 5.39. The number of carboxylic acid groups (broad SMARTS) is 1. The van der Waals surface area contributed by atoms with Gasteiger partial charge in [0.2, 0.25) is 5.75 Å². The molecule has 0 bridgehead atoms. The summed E-state index contributed by atoms with van der Waals surface area (Å²) in [5.41, 5.74) is 2.06. The first-order valence-corrected chi connectivity index (χ1v) is 12.4. The molecule has 0 unspecified atom stereocenters. The van der Waals surface area contributed by atoms with Crippen molar-refractivity contribution in [1.29, 1.82) is 0 Å². The lowest BCUT2D eigenvalue weighted by molar-refractivity contribution is -0.386. The van der Waals surface area contributed by atoms with E-state index < -0.39 is 28.2 Å². The second-order valence-electron chi connectivity index (χ2n) is 9.43. The Bertz CT molecular complexity index is 1710. The number of fused-ring (bicyclic) bond motifs is 1. The number of carbonyl (C=O) groups is 1. The van der Waals surface area contributed by atoms with Gasteiger partial charge in [-0.25, -0.2) is 9.78 Å². The largest absolute Gasteiger partial charge is 0.496 e. The van der Waals surface area contributed by atoms with Gasteiger partial charge >= 0.3 is 11.7 Å². The van der Waals surface area contributed by atoms with Gasteiger partial charge in [0.15, 0.2) is 11.9 Å². The van der Waals surface area contributed by atoms with Crippen LogP contribution in [0.15, 0.2) is 64.5 Å². The lowest BCUT2D eigenvalue weighted by Gasteiger charge is -2.17. The average molecular weight is 545 g/mol. The summed E-state index contributed by atoms with van der Waals surface area (Å²) in [6.45, 7) is 7.18. The number of ether oxygens (including phenoxy) is 2. The Morgan fingerprint density at radius 1 is 1.15 bits per heavy atom. The van der Waals surface area contributed by atoms with Crippen LogP contribution in [0.1, 0.15) is 43.4 Å². The molecule has 40 heavy (non-hydrogen) atoms. The number of aryl methyl sites for hydroxylation is 1. The van der Waals surface area contributed by atoms with Crippen molar-refractivity contribution in [2.45, 2.75) is 39.7 Å². The van der Waals surface area contributed by atoms with E-state index in [1.165, 1.54) is 31.3 Å². The van der Waals surface area contributed by atoms with Crippen LogP contribution in [0.2, 0.25) is 0 Å². The van der Waals surface area contributed by atoms with E-state index in [2.05, 4.69) is 5.10 Å². The molecule has 0 radical (unpaired) electrons. The van der Waals surface area contributed by atoms with E-state index in [4.69, 9.17) is 14.5 Å². The Morgan fingerprint density at radius 3 is 2.52 bits per heavy atom. The molecule has 1 heterocycles. The van der Waals surface area contributed by atoms with Gasteiger partial charge in [0.25, 0.3) is 5.56 Å². The van der Waals surface area contributed by atoms with Crippen molar-refractivity contribution in [2.24, 2.45) is 5.10 Å². The van der Waals surface area contributed by atoms with Crippen LogP contribution in [-0.2, 0) is 4.79 Å². The van der Waals surface area contributed by atoms with Crippen LogP contribution in [0.25, 0.3) is 22.3 Å². The lowest BCUT2D eigenvalue weighted by atomic mass is 9.96. The molecule has 4 rings (SSSR count). The Labute approximate surface area is 229 Å². The zero-order chi connectivity index (χ0) is 29.1. The predicted octanol–water partition coefficient (Wildman–Crippen LogP) is 5.15. The summed E-state index contributed by atoms with van der Waals surface area (Å²) in [5, 5.41) is 25.7. The van der Waals surface area contributed by atoms with Gasteiger partial charge in [-0.3, -0.25) is 14.9 Å². The predicted molar refractivity (Wildman–Crippen MR) is 151 cm³/mol. The van der Waals surface area contributed by atoms with Crippen LogP contribution < -0.4 is 15.0 Å². The molecule has 1 N–H and O–H groups in total. The molecule has 4 aromatic rings. The van der Waals surface area contributed by atoms with Gasteiger partial charge < -0.3 is 14.6 Å².